The first kappa shape index (κ1) is 17.9. The Morgan fingerprint density at radius 1 is 1.33 bits per heavy atom. The number of carboxylic acids is 1. The fourth-order valence-electron chi connectivity index (χ4n) is 2.11. The number of rotatable bonds is 7. The Morgan fingerprint density at radius 3 is 2.71 bits per heavy atom. The minimum absolute atomic E-state index is 0.0921. The summed E-state index contributed by atoms with van der Waals surface area (Å²) in [6.07, 6.45) is 0.415. The molecule has 0 aliphatic heterocycles. The van der Waals surface area contributed by atoms with Gasteiger partial charge in [0.05, 0.1) is 0 Å². The van der Waals surface area contributed by atoms with E-state index in [1.165, 1.54) is 18.2 Å². The van der Waals surface area contributed by atoms with Gasteiger partial charge in [-0.3, -0.25) is 0 Å². The van der Waals surface area contributed by atoms with Crippen LogP contribution < -0.4 is 10.6 Å². The van der Waals surface area contributed by atoms with E-state index in [2.05, 4.69) is 20.6 Å². The molecule has 24 heavy (non-hydrogen) atoms. The molecule has 2 rings (SSSR count). The number of hydrogen-bond acceptors (Lipinski definition) is 5. The Morgan fingerprint density at radius 2 is 2.08 bits per heavy atom. The number of hydrogen-bond donors (Lipinski definition) is 3. The number of halogens is 2. The van der Waals surface area contributed by atoms with Gasteiger partial charge in [0.25, 0.3) is 0 Å². The van der Waals surface area contributed by atoms with Gasteiger partial charge in [-0.2, -0.15) is 4.98 Å². The minimum Gasteiger partial charge on any atom is -0.480 e. The SMILES string of the molecule is CC(C)C[C@H](Nc1nc(Cl)cc(Nc2cccc(F)c2)n1)C(=O)O. The predicted molar refractivity (Wildman–Crippen MR) is 91.2 cm³/mol. The quantitative estimate of drug-likeness (QED) is 0.654. The number of nitrogens with zero attached hydrogens (tertiary/aromatic N) is 2. The fraction of sp³-hybridized carbons (Fsp3) is 0.312. The van der Waals surface area contributed by atoms with Crippen molar-refractivity contribution < 1.29 is 14.3 Å². The molecule has 6 nitrogen and oxygen atoms in total. The average molecular weight is 353 g/mol. The first-order valence-electron chi connectivity index (χ1n) is 7.40. The molecule has 1 atom stereocenters. The van der Waals surface area contributed by atoms with E-state index in [1.54, 1.807) is 12.1 Å². The molecule has 2 aromatic rings. The monoisotopic (exact) mass is 352 g/mol. The van der Waals surface area contributed by atoms with Crippen LogP contribution in [0.5, 0.6) is 0 Å². The van der Waals surface area contributed by atoms with Crippen LogP contribution in [0.3, 0.4) is 0 Å². The maximum absolute atomic E-state index is 13.2. The summed E-state index contributed by atoms with van der Waals surface area (Å²) in [5.41, 5.74) is 0.493. The van der Waals surface area contributed by atoms with Crippen molar-refractivity contribution in [1.82, 2.24) is 9.97 Å². The molecule has 0 bridgehead atoms. The van der Waals surface area contributed by atoms with Crippen LogP contribution >= 0.6 is 11.6 Å². The molecule has 0 unspecified atom stereocenters. The van der Waals surface area contributed by atoms with Gasteiger partial charge in [-0.15, -0.1) is 0 Å². The van der Waals surface area contributed by atoms with Crippen LogP contribution in [0.15, 0.2) is 30.3 Å². The third-order valence-corrected chi connectivity index (χ3v) is 3.29. The van der Waals surface area contributed by atoms with Crippen LogP contribution in [0.4, 0.5) is 21.8 Å². The summed E-state index contributed by atoms with van der Waals surface area (Å²) < 4.78 is 13.2. The van der Waals surface area contributed by atoms with Gasteiger partial charge in [-0.1, -0.05) is 31.5 Å². The third-order valence-electron chi connectivity index (χ3n) is 3.10. The molecule has 0 saturated heterocycles. The average Bonchev–Trinajstić information content (AvgIpc) is 2.45. The van der Waals surface area contributed by atoms with Crippen molar-refractivity contribution >= 4 is 35.0 Å². The van der Waals surface area contributed by atoms with Crippen molar-refractivity contribution in [3.8, 4) is 0 Å². The molecule has 0 amide bonds. The van der Waals surface area contributed by atoms with Crippen LogP contribution in [0.1, 0.15) is 20.3 Å². The first-order chi connectivity index (χ1) is 11.3. The van der Waals surface area contributed by atoms with E-state index >= 15 is 0 Å². The van der Waals surface area contributed by atoms with Gasteiger partial charge < -0.3 is 15.7 Å². The number of aliphatic carboxylic acids is 1. The Hall–Kier alpha value is -2.41. The largest absolute Gasteiger partial charge is 0.480 e. The lowest BCUT2D eigenvalue weighted by atomic mass is 10.0. The molecular formula is C16H18ClFN4O2. The Labute approximate surface area is 144 Å². The van der Waals surface area contributed by atoms with Crippen LogP contribution in [-0.4, -0.2) is 27.1 Å². The van der Waals surface area contributed by atoms with Crippen molar-refractivity contribution in [2.45, 2.75) is 26.3 Å². The number of nitrogens with one attached hydrogen (secondary N) is 2. The van der Waals surface area contributed by atoms with Crippen molar-refractivity contribution in [1.29, 1.82) is 0 Å². The normalized spacial score (nSPS) is 12.0. The van der Waals surface area contributed by atoms with Crippen LogP contribution in [0, 0.1) is 11.7 Å². The smallest absolute Gasteiger partial charge is 0.326 e. The van der Waals surface area contributed by atoms with E-state index in [9.17, 15) is 14.3 Å². The molecule has 1 aromatic carbocycles. The fourth-order valence-corrected chi connectivity index (χ4v) is 2.29. The minimum atomic E-state index is -0.994. The van der Waals surface area contributed by atoms with Crippen LogP contribution in [0.25, 0.3) is 0 Å². The molecule has 0 saturated carbocycles. The van der Waals surface area contributed by atoms with Gasteiger partial charge >= 0.3 is 5.97 Å². The van der Waals surface area contributed by atoms with Crippen LogP contribution in [-0.2, 0) is 4.79 Å². The molecule has 0 spiro atoms. The van der Waals surface area contributed by atoms with E-state index < -0.39 is 12.0 Å². The highest BCUT2D eigenvalue weighted by Gasteiger charge is 2.20. The van der Waals surface area contributed by atoms with Crippen LogP contribution in [0.2, 0.25) is 5.15 Å². The zero-order valence-corrected chi connectivity index (χ0v) is 14.0. The standard InChI is InChI=1S/C16H18ClFN4O2/c1-9(2)6-12(15(23)24)20-16-21-13(17)8-14(22-16)19-11-5-3-4-10(18)7-11/h3-5,7-9,12H,6H2,1-2H3,(H,23,24)(H2,19,20,21,22)/t12-/m0/s1. The van der Waals surface area contributed by atoms with Crippen molar-refractivity contribution in [3.05, 3.63) is 41.3 Å². The summed E-state index contributed by atoms with van der Waals surface area (Å²) >= 11 is 5.96. The Kier molecular flexibility index (Phi) is 5.92. The second-order valence-electron chi connectivity index (χ2n) is 5.70. The molecule has 1 heterocycles. The molecule has 0 aliphatic carbocycles. The van der Waals surface area contributed by atoms with E-state index in [1.807, 2.05) is 13.8 Å². The summed E-state index contributed by atoms with van der Waals surface area (Å²) in [4.78, 5) is 19.5. The van der Waals surface area contributed by atoms with E-state index in [0.29, 0.717) is 17.9 Å². The second-order valence-corrected chi connectivity index (χ2v) is 6.09. The van der Waals surface area contributed by atoms with E-state index in [4.69, 9.17) is 11.6 Å². The zero-order valence-electron chi connectivity index (χ0n) is 13.3. The maximum Gasteiger partial charge on any atom is 0.326 e. The van der Waals surface area contributed by atoms with Crippen molar-refractivity contribution in [3.63, 3.8) is 0 Å². The molecular weight excluding hydrogens is 335 g/mol. The summed E-state index contributed by atoms with van der Waals surface area (Å²) in [7, 11) is 0. The number of carboxylic acid groups (broad SMARTS) is 1. The Bertz CT molecular complexity index is 727. The highest BCUT2D eigenvalue weighted by molar-refractivity contribution is 6.29. The van der Waals surface area contributed by atoms with Crippen molar-refractivity contribution in [2.24, 2.45) is 5.92 Å². The first-order valence-corrected chi connectivity index (χ1v) is 7.78. The molecule has 3 N–H and O–H groups in total. The van der Waals surface area contributed by atoms with Gasteiger partial charge in [0.15, 0.2) is 0 Å². The maximum atomic E-state index is 13.2. The topological polar surface area (TPSA) is 87.1 Å². The van der Waals surface area contributed by atoms with E-state index in [-0.39, 0.29) is 22.8 Å². The highest BCUT2D eigenvalue weighted by Crippen LogP contribution is 2.20. The summed E-state index contributed by atoms with van der Waals surface area (Å²) in [6, 6.07) is 6.51. The molecule has 8 heteroatoms. The lowest BCUT2D eigenvalue weighted by molar-refractivity contribution is -0.138. The number of benzene rings is 1. The predicted octanol–water partition coefficient (Wildman–Crippen LogP) is 3.92. The van der Waals surface area contributed by atoms with Crippen molar-refractivity contribution in [2.75, 3.05) is 10.6 Å². The number of aromatic nitrogens is 2. The second kappa shape index (κ2) is 7.92. The lowest BCUT2D eigenvalue weighted by Gasteiger charge is -2.17. The van der Waals surface area contributed by atoms with Gasteiger partial charge in [-0.05, 0) is 30.5 Å². The number of carbonyl (C=O) groups is 1. The number of anilines is 3. The van der Waals surface area contributed by atoms with Gasteiger partial charge in [-0.25, -0.2) is 14.2 Å². The summed E-state index contributed by atoms with van der Waals surface area (Å²) in [5.74, 6) is -0.776. The third kappa shape index (κ3) is 5.34. The van der Waals surface area contributed by atoms with Gasteiger partial charge in [0.1, 0.15) is 22.8 Å². The summed E-state index contributed by atoms with van der Waals surface area (Å²) in [6.45, 7) is 3.85. The lowest BCUT2D eigenvalue weighted by Crippen LogP contribution is -2.31. The molecule has 0 radical (unpaired) electrons. The van der Waals surface area contributed by atoms with E-state index in [0.717, 1.165) is 0 Å². The zero-order chi connectivity index (χ0) is 17.7. The Balaban J connectivity index is 2.19. The summed E-state index contributed by atoms with van der Waals surface area (Å²) in [5, 5.41) is 15.1. The van der Waals surface area contributed by atoms with Gasteiger partial charge in [0, 0.05) is 11.8 Å². The molecule has 0 fully saturated rings. The van der Waals surface area contributed by atoms with Gasteiger partial charge in [0.2, 0.25) is 5.95 Å². The molecule has 0 aliphatic rings. The molecule has 128 valence electrons. The highest BCUT2D eigenvalue weighted by atomic mass is 35.5. The molecule has 1 aromatic heterocycles.